The number of hydrogen-bond acceptors (Lipinski definition) is 6. The molecule has 0 spiro atoms. The van der Waals surface area contributed by atoms with Crippen LogP contribution >= 0.6 is 0 Å². The predicted octanol–water partition coefficient (Wildman–Crippen LogP) is 0.890. The van der Waals surface area contributed by atoms with Gasteiger partial charge in [-0.2, -0.15) is 0 Å². The van der Waals surface area contributed by atoms with E-state index < -0.39 is 17.5 Å². The molecule has 1 N–H and O–H groups in total. The molecule has 7 heteroatoms. The molecule has 0 saturated heterocycles. The highest BCUT2D eigenvalue weighted by Gasteiger charge is 2.17. The van der Waals surface area contributed by atoms with Crippen LogP contribution in [0.25, 0.3) is 0 Å². The molecule has 0 fully saturated rings. The van der Waals surface area contributed by atoms with Gasteiger partial charge in [-0.1, -0.05) is 0 Å². The van der Waals surface area contributed by atoms with Gasteiger partial charge in [-0.25, -0.2) is 4.79 Å². The molecule has 7 nitrogen and oxygen atoms in total. The van der Waals surface area contributed by atoms with Gasteiger partial charge in [0, 0.05) is 13.2 Å². The molecular weight excluding hydrogens is 242 g/mol. The van der Waals surface area contributed by atoms with Crippen molar-refractivity contribution in [2.75, 3.05) is 20.3 Å². The van der Waals surface area contributed by atoms with Crippen molar-refractivity contribution in [2.45, 2.75) is 6.61 Å². The Morgan fingerprint density at radius 3 is 2.72 bits per heavy atom. The number of nitro benzene ring substituents is 1. The van der Waals surface area contributed by atoms with Gasteiger partial charge in [0.15, 0.2) is 0 Å². The van der Waals surface area contributed by atoms with Gasteiger partial charge in [-0.3, -0.25) is 10.1 Å². The van der Waals surface area contributed by atoms with Crippen LogP contribution < -0.4 is 0 Å². The van der Waals surface area contributed by atoms with Crippen LogP contribution in [0.3, 0.4) is 0 Å². The molecule has 0 aliphatic rings. The number of carbonyl (C=O) groups is 1. The van der Waals surface area contributed by atoms with Gasteiger partial charge in [0.05, 0.1) is 29.3 Å². The second-order valence-corrected chi connectivity index (χ2v) is 3.39. The second-order valence-electron chi connectivity index (χ2n) is 3.39. The van der Waals surface area contributed by atoms with Gasteiger partial charge in [-0.05, 0) is 12.1 Å². The summed E-state index contributed by atoms with van der Waals surface area (Å²) in [6, 6.07) is 3.78. The van der Waals surface area contributed by atoms with Crippen LogP contribution in [-0.4, -0.2) is 36.3 Å². The summed E-state index contributed by atoms with van der Waals surface area (Å²) in [5.41, 5.74) is -0.0952. The summed E-state index contributed by atoms with van der Waals surface area (Å²) in [5.74, 6) is -0.667. The van der Waals surface area contributed by atoms with E-state index in [1.807, 2.05) is 0 Å². The molecule has 0 saturated carbocycles. The van der Waals surface area contributed by atoms with Crippen molar-refractivity contribution in [2.24, 2.45) is 0 Å². The van der Waals surface area contributed by atoms with Crippen molar-refractivity contribution in [3.05, 3.63) is 39.4 Å². The lowest BCUT2D eigenvalue weighted by Crippen LogP contribution is -2.10. The molecule has 0 heterocycles. The van der Waals surface area contributed by atoms with Crippen molar-refractivity contribution in [1.29, 1.82) is 0 Å². The quantitative estimate of drug-likeness (QED) is 0.351. The first kappa shape index (κ1) is 14.1. The average molecular weight is 255 g/mol. The van der Waals surface area contributed by atoms with E-state index in [0.29, 0.717) is 0 Å². The van der Waals surface area contributed by atoms with Crippen LogP contribution in [0, 0.1) is 10.1 Å². The summed E-state index contributed by atoms with van der Waals surface area (Å²) >= 11 is 0. The number of nitrogens with zero attached hydrogens (tertiary/aromatic N) is 1. The molecule has 1 aromatic carbocycles. The van der Waals surface area contributed by atoms with Gasteiger partial charge in [0.1, 0.15) is 6.61 Å². The molecule has 0 radical (unpaired) electrons. The van der Waals surface area contributed by atoms with Crippen LogP contribution in [0.1, 0.15) is 15.9 Å². The third kappa shape index (κ3) is 3.51. The third-order valence-corrected chi connectivity index (χ3v) is 2.21. The Balaban J connectivity index is 2.87. The van der Waals surface area contributed by atoms with Gasteiger partial charge in [0.25, 0.3) is 5.69 Å². The van der Waals surface area contributed by atoms with Crippen LogP contribution in [0.4, 0.5) is 5.69 Å². The maximum atomic E-state index is 11.5. The Morgan fingerprint density at radius 2 is 2.17 bits per heavy atom. The van der Waals surface area contributed by atoms with Crippen LogP contribution in [0.2, 0.25) is 0 Å². The zero-order valence-electron chi connectivity index (χ0n) is 9.79. The molecule has 0 aliphatic heterocycles. The summed E-state index contributed by atoms with van der Waals surface area (Å²) in [7, 11) is 1.47. The molecular formula is C11H13NO6. The first-order valence-corrected chi connectivity index (χ1v) is 5.14. The summed E-state index contributed by atoms with van der Waals surface area (Å²) in [5, 5.41) is 19.7. The fourth-order valence-corrected chi connectivity index (χ4v) is 1.30. The van der Waals surface area contributed by atoms with E-state index in [4.69, 9.17) is 14.6 Å². The van der Waals surface area contributed by atoms with Gasteiger partial charge >= 0.3 is 5.97 Å². The zero-order valence-corrected chi connectivity index (χ0v) is 9.79. The van der Waals surface area contributed by atoms with Crippen molar-refractivity contribution in [3.8, 4) is 0 Å². The van der Waals surface area contributed by atoms with E-state index >= 15 is 0 Å². The largest absolute Gasteiger partial charge is 0.460 e. The first-order chi connectivity index (χ1) is 8.60. The van der Waals surface area contributed by atoms with Gasteiger partial charge < -0.3 is 14.6 Å². The number of ether oxygens (including phenoxy) is 2. The number of benzene rings is 1. The van der Waals surface area contributed by atoms with Crippen molar-refractivity contribution in [3.63, 3.8) is 0 Å². The maximum Gasteiger partial charge on any atom is 0.338 e. The Bertz CT molecular complexity index is 445. The van der Waals surface area contributed by atoms with E-state index in [-0.39, 0.29) is 30.0 Å². The number of rotatable bonds is 6. The number of aliphatic hydroxyl groups is 1. The first-order valence-electron chi connectivity index (χ1n) is 5.14. The Kier molecular flexibility index (Phi) is 5.22. The second kappa shape index (κ2) is 6.67. The smallest absolute Gasteiger partial charge is 0.338 e. The number of esters is 1. The monoisotopic (exact) mass is 255 g/mol. The van der Waals surface area contributed by atoms with E-state index in [2.05, 4.69) is 0 Å². The molecule has 0 amide bonds. The molecule has 98 valence electrons. The number of nitro groups is 1. The molecule has 0 atom stereocenters. The van der Waals surface area contributed by atoms with E-state index in [9.17, 15) is 14.9 Å². The lowest BCUT2D eigenvalue weighted by atomic mass is 10.1. The van der Waals surface area contributed by atoms with Crippen molar-refractivity contribution < 1.29 is 24.3 Å². The highest BCUT2D eigenvalue weighted by Crippen LogP contribution is 2.20. The molecule has 0 aromatic heterocycles. The van der Waals surface area contributed by atoms with Crippen LogP contribution in [0.15, 0.2) is 18.2 Å². The minimum absolute atomic E-state index is 0.0648. The summed E-state index contributed by atoms with van der Waals surface area (Å²) < 4.78 is 9.54. The van der Waals surface area contributed by atoms with Crippen molar-refractivity contribution >= 4 is 11.7 Å². The highest BCUT2D eigenvalue weighted by molar-refractivity contribution is 5.90. The minimum atomic E-state index is -0.667. The number of carbonyl (C=O) groups excluding carboxylic acids is 1. The summed E-state index contributed by atoms with van der Waals surface area (Å²) in [6.07, 6.45) is 0. The average Bonchev–Trinajstić information content (AvgIpc) is 2.38. The maximum absolute atomic E-state index is 11.5. The minimum Gasteiger partial charge on any atom is -0.460 e. The van der Waals surface area contributed by atoms with Crippen LogP contribution in [-0.2, 0) is 16.1 Å². The Hall–Kier alpha value is -1.99. The van der Waals surface area contributed by atoms with Crippen LogP contribution in [0.5, 0.6) is 0 Å². The molecule has 0 bridgehead atoms. The lowest BCUT2D eigenvalue weighted by molar-refractivity contribution is -0.385. The predicted molar refractivity (Wildman–Crippen MR) is 61.2 cm³/mol. The Labute approximate surface area is 103 Å². The summed E-state index contributed by atoms with van der Waals surface area (Å²) in [6.45, 7) is -0.136. The Morgan fingerprint density at radius 1 is 1.44 bits per heavy atom. The molecule has 18 heavy (non-hydrogen) atoms. The van der Waals surface area contributed by atoms with E-state index in [1.54, 1.807) is 0 Å². The number of aliphatic hydroxyl groups excluding tert-OH is 1. The summed E-state index contributed by atoms with van der Waals surface area (Å²) in [4.78, 5) is 21.6. The lowest BCUT2D eigenvalue weighted by Gasteiger charge is -2.05. The topological polar surface area (TPSA) is 98.9 Å². The number of hydrogen-bond donors (Lipinski definition) is 1. The third-order valence-electron chi connectivity index (χ3n) is 2.21. The fraction of sp³-hybridized carbons (Fsp3) is 0.364. The SMILES string of the molecule is COCCOC(=O)c1ccc(CO)c([N+](=O)[O-])c1. The molecule has 1 aromatic rings. The zero-order chi connectivity index (χ0) is 13.5. The highest BCUT2D eigenvalue weighted by atomic mass is 16.6. The van der Waals surface area contributed by atoms with Crippen molar-refractivity contribution in [1.82, 2.24) is 0 Å². The molecule has 0 unspecified atom stereocenters. The van der Waals surface area contributed by atoms with E-state index in [1.165, 1.54) is 19.2 Å². The van der Waals surface area contributed by atoms with Gasteiger partial charge in [0.2, 0.25) is 0 Å². The molecule has 0 aliphatic carbocycles. The standard InChI is InChI=1S/C11H13NO6/c1-17-4-5-18-11(14)8-2-3-9(7-13)10(6-8)12(15)16/h2-3,6,13H,4-5,7H2,1H3. The van der Waals surface area contributed by atoms with E-state index in [0.717, 1.165) is 6.07 Å². The number of methoxy groups -OCH3 is 1. The van der Waals surface area contributed by atoms with Gasteiger partial charge in [-0.15, -0.1) is 0 Å². The molecule has 1 rings (SSSR count). The normalized spacial score (nSPS) is 10.1. The fourth-order valence-electron chi connectivity index (χ4n) is 1.30.